The summed E-state index contributed by atoms with van der Waals surface area (Å²) in [6.45, 7) is 2.04. The number of sulfonamides is 1. The van der Waals surface area contributed by atoms with Crippen molar-refractivity contribution in [3.63, 3.8) is 0 Å². The van der Waals surface area contributed by atoms with Crippen LogP contribution in [0, 0.1) is 0 Å². The Morgan fingerprint density at radius 3 is 2.30 bits per heavy atom. The van der Waals surface area contributed by atoms with Crippen molar-refractivity contribution in [3.8, 4) is 0 Å². The summed E-state index contributed by atoms with van der Waals surface area (Å²) >= 11 is 3.32. The highest BCUT2D eigenvalue weighted by Gasteiger charge is 2.47. The number of anilines is 1. The predicted octanol–water partition coefficient (Wildman–Crippen LogP) is 4.40. The van der Waals surface area contributed by atoms with E-state index < -0.39 is 23.0 Å². The van der Waals surface area contributed by atoms with Gasteiger partial charge in [0.2, 0.25) is 0 Å². The minimum absolute atomic E-state index is 0.0797. The zero-order chi connectivity index (χ0) is 19.9. The van der Waals surface area contributed by atoms with Gasteiger partial charge in [-0.2, -0.15) is 0 Å². The van der Waals surface area contributed by atoms with E-state index in [4.69, 9.17) is 9.05 Å². The Bertz CT molecular complexity index is 987. The fourth-order valence-corrected chi connectivity index (χ4v) is 6.81. The highest BCUT2D eigenvalue weighted by Crippen LogP contribution is 2.55. The first kappa shape index (κ1) is 20.6. The van der Waals surface area contributed by atoms with E-state index in [1.807, 2.05) is 19.1 Å². The maximum Gasteiger partial charge on any atom is 0.331 e. The van der Waals surface area contributed by atoms with Gasteiger partial charge in [-0.05, 0) is 35.9 Å². The fraction of sp³-hybridized carbons (Fsp3) is 0.333. The summed E-state index contributed by atoms with van der Waals surface area (Å²) in [4.78, 5) is 0.200. The van der Waals surface area contributed by atoms with Crippen LogP contribution in [0.5, 0.6) is 0 Å². The molecule has 0 saturated carbocycles. The van der Waals surface area contributed by atoms with Crippen LogP contribution in [0.4, 0.5) is 5.69 Å². The maximum atomic E-state index is 13.3. The lowest BCUT2D eigenvalue weighted by atomic mass is 9.87. The molecular weight excluding hydrogens is 453 g/mol. The molecule has 0 radical (unpaired) electrons. The Morgan fingerprint density at radius 1 is 1.11 bits per heavy atom. The first-order valence-corrected chi connectivity index (χ1v) is 12.2. The van der Waals surface area contributed by atoms with Crippen molar-refractivity contribution < 1.29 is 22.0 Å². The SMILES string of the molecule is COP(=O)(CC1(C)CN(S(=O)(=O)c2ccc(Br)cc2)c2ccccc21)OC. The van der Waals surface area contributed by atoms with Crippen molar-refractivity contribution in [2.45, 2.75) is 17.2 Å². The van der Waals surface area contributed by atoms with Gasteiger partial charge in [0.15, 0.2) is 0 Å². The largest absolute Gasteiger partial charge is 0.331 e. The van der Waals surface area contributed by atoms with Crippen LogP contribution in [0.15, 0.2) is 57.9 Å². The summed E-state index contributed by atoms with van der Waals surface area (Å²) in [5.74, 6) is 0. The molecule has 0 N–H and O–H groups in total. The number of benzene rings is 2. The van der Waals surface area contributed by atoms with Crippen LogP contribution in [-0.2, 0) is 29.1 Å². The Labute approximate surface area is 168 Å². The van der Waals surface area contributed by atoms with E-state index in [9.17, 15) is 13.0 Å². The van der Waals surface area contributed by atoms with E-state index >= 15 is 0 Å². The molecular formula is C18H21BrNO5PS. The molecule has 9 heteroatoms. The first-order chi connectivity index (χ1) is 12.6. The average molecular weight is 474 g/mol. The van der Waals surface area contributed by atoms with Crippen LogP contribution in [0.2, 0.25) is 0 Å². The van der Waals surface area contributed by atoms with E-state index in [0.29, 0.717) is 5.69 Å². The van der Waals surface area contributed by atoms with Crippen molar-refractivity contribution in [1.82, 2.24) is 0 Å². The highest BCUT2D eigenvalue weighted by molar-refractivity contribution is 9.10. The molecule has 1 atom stereocenters. The van der Waals surface area contributed by atoms with Crippen molar-refractivity contribution in [2.75, 3.05) is 31.2 Å². The molecule has 0 aromatic heterocycles. The number of para-hydroxylation sites is 1. The smallest absolute Gasteiger partial charge is 0.312 e. The summed E-state index contributed by atoms with van der Waals surface area (Å²) in [5, 5.41) is 0. The van der Waals surface area contributed by atoms with E-state index in [-0.39, 0.29) is 17.6 Å². The van der Waals surface area contributed by atoms with Gasteiger partial charge in [0.25, 0.3) is 10.0 Å². The molecule has 0 amide bonds. The second kappa shape index (κ2) is 7.33. The van der Waals surface area contributed by atoms with Gasteiger partial charge in [-0.3, -0.25) is 8.87 Å². The monoisotopic (exact) mass is 473 g/mol. The third kappa shape index (κ3) is 3.74. The summed E-state index contributed by atoms with van der Waals surface area (Å²) in [6.07, 6.45) is 0.0797. The van der Waals surface area contributed by atoms with Crippen LogP contribution >= 0.6 is 23.5 Å². The average Bonchev–Trinajstić information content (AvgIpc) is 2.95. The molecule has 6 nitrogen and oxygen atoms in total. The molecule has 2 aromatic carbocycles. The molecule has 146 valence electrons. The van der Waals surface area contributed by atoms with Gasteiger partial charge in [0.1, 0.15) is 0 Å². The van der Waals surface area contributed by atoms with Crippen molar-refractivity contribution >= 4 is 39.2 Å². The van der Waals surface area contributed by atoms with Crippen LogP contribution < -0.4 is 4.31 Å². The van der Waals surface area contributed by atoms with Crippen LogP contribution in [-0.4, -0.2) is 35.3 Å². The van der Waals surface area contributed by atoms with Gasteiger partial charge >= 0.3 is 7.60 Å². The standard InChI is InChI=1S/C18H21BrNO5PS/c1-18(13-26(21,24-2)25-3)12-20(17-7-5-4-6-16(17)18)27(22,23)15-10-8-14(19)9-11-15/h4-11H,12-13H2,1-3H3. The van der Waals surface area contributed by atoms with Gasteiger partial charge in [-0.15, -0.1) is 0 Å². The lowest BCUT2D eigenvalue weighted by Gasteiger charge is -2.28. The van der Waals surface area contributed by atoms with Crippen LogP contribution in [0.3, 0.4) is 0 Å². The number of hydrogen-bond acceptors (Lipinski definition) is 5. The number of rotatable bonds is 6. The van der Waals surface area contributed by atoms with Gasteiger partial charge in [-0.1, -0.05) is 41.1 Å². The third-order valence-corrected chi connectivity index (χ3v) is 9.32. The normalized spacial score (nSPS) is 19.9. The Morgan fingerprint density at radius 2 is 1.70 bits per heavy atom. The minimum atomic E-state index is -3.77. The van der Waals surface area contributed by atoms with Crippen molar-refractivity contribution in [2.24, 2.45) is 0 Å². The lowest BCUT2D eigenvalue weighted by molar-refractivity contribution is 0.268. The quantitative estimate of drug-likeness (QED) is 0.581. The molecule has 1 heterocycles. The van der Waals surface area contributed by atoms with Gasteiger partial charge in [0.05, 0.1) is 16.7 Å². The Kier molecular flexibility index (Phi) is 5.58. The van der Waals surface area contributed by atoms with Gasteiger partial charge in [-0.25, -0.2) is 8.42 Å². The topological polar surface area (TPSA) is 72.9 Å². The van der Waals surface area contributed by atoms with E-state index in [2.05, 4.69) is 15.9 Å². The number of halogens is 1. The molecule has 0 fully saturated rings. The fourth-order valence-electron chi connectivity index (χ4n) is 3.40. The number of hydrogen-bond donors (Lipinski definition) is 0. The second-order valence-corrected chi connectivity index (χ2v) is 11.7. The first-order valence-electron chi connectivity index (χ1n) is 8.24. The third-order valence-electron chi connectivity index (χ3n) is 4.82. The van der Waals surface area contributed by atoms with E-state index in [0.717, 1.165) is 10.0 Å². The molecule has 2 aromatic rings. The zero-order valence-corrected chi connectivity index (χ0v) is 18.6. The lowest BCUT2D eigenvalue weighted by Crippen LogP contribution is -2.37. The van der Waals surface area contributed by atoms with Gasteiger partial charge < -0.3 is 9.05 Å². The number of fused-ring (bicyclic) bond motifs is 1. The molecule has 1 unspecified atom stereocenters. The molecule has 0 saturated heterocycles. The van der Waals surface area contributed by atoms with Crippen molar-refractivity contribution in [1.29, 1.82) is 0 Å². The molecule has 3 rings (SSSR count). The van der Waals surface area contributed by atoms with Crippen molar-refractivity contribution in [3.05, 3.63) is 58.6 Å². The maximum absolute atomic E-state index is 13.3. The second-order valence-electron chi connectivity index (χ2n) is 6.68. The molecule has 0 aliphatic carbocycles. The molecule has 27 heavy (non-hydrogen) atoms. The highest BCUT2D eigenvalue weighted by atomic mass is 79.9. The van der Waals surface area contributed by atoms with Gasteiger partial charge in [0, 0.05) is 30.7 Å². The molecule has 1 aliphatic rings. The summed E-state index contributed by atoms with van der Waals surface area (Å²) in [5.41, 5.74) is 0.683. The predicted molar refractivity (Wildman–Crippen MR) is 109 cm³/mol. The minimum Gasteiger partial charge on any atom is -0.312 e. The molecule has 0 bridgehead atoms. The summed E-state index contributed by atoms with van der Waals surface area (Å²) in [6, 6.07) is 13.8. The van der Waals surface area contributed by atoms with Crippen LogP contribution in [0.1, 0.15) is 12.5 Å². The Hall–Kier alpha value is -1.18. The molecule has 1 aliphatic heterocycles. The summed E-state index contributed by atoms with van der Waals surface area (Å²) in [7, 11) is -4.43. The Balaban J connectivity index is 2.07. The summed E-state index contributed by atoms with van der Waals surface area (Å²) < 4.78 is 51.7. The number of nitrogens with zero attached hydrogens (tertiary/aromatic N) is 1. The van der Waals surface area contributed by atoms with Crippen LogP contribution in [0.25, 0.3) is 0 Å². The van der Waals surface area contributed by atoms with E-state index in [1.165, 1.54) is 18.5 Å². The molecule has 0 spiro atoms. The zero-order valence-electron chi connectivity index (χ0n) is 15.3. The van der Waals surface area contributed by atoms with E-state index in [1.54, 1.807) is 36.4 Å².